The Hall–Kier alpha value is -4.57. The minimum atomic E-state index is -3.49. The van der Waals surface area contributed by atoms with Crippen LogP contribution in [-0.2, 0) is 23.4 Å². The van der Waals surface area contributed by atoms with Gasteiger partial charge in [0.05, 0.1) is 30.2 Å². The maximum absolute atomic E-state index is 12.6. The Bertz CT molecular complexity index is 1810. The second-order valence-electron chi connectivity index (χ2n) is 8.84. The van der Waals surface area contributed by atoms with E-state index in [1.165, 1.54) is 23.2 Å². The van der Waals surface area contributed by atoms with Gasteiger partial charge in [-0.25, -0.2) is 13.4 Å². The fraction of sp³-hybridized carbons (Fsp3) is 0.143. The van der Waals surface area contributed by atoms with Gasteiger partial charge in [-0.1, -0.05) is 18.2 Å². The Kier molecular flexibility index (Phi) is 6.64. The molecule has 3 aromatic carbocycles. The number of aryl methyl sites for hydroxylation is 1. The molecule has 0 radical (unpaired) electrons. The van der Waals surface area contributed by atoms with Crippen molar-refractivity contribution in [3.63, 3.8) is 0 Å². The first-order valence-electron chi connectivity index (χ1n) is 11.7. The normalized spacial score (nSPS) is 11.4. The first kappa shape index (κ1) is 25.1. The predicted octanol–water partition coefficient (Wildman–Crippen LogP) is 4.52. The molecule has 0 fully saturated rings. The first-order chi connectivity index (χ1) is 18.2. The summed E-state index contributed by atoms with van der Waals surface area (Å²) < 4.78 is 39.4. The minimum Gasteiger partial charge on any atom is -0.497 e. The molecule has 2 aromatic heterocycles. The summed E-state index contributed by atoms with van der Waals surface area (Å²) in [4.78, 5) is 16.8. The lowest BCUT2D eigenvalue weighted by Crippen LogP contribution is -2.19. The van der Waals surface area contributed by atoms with Crippen molar-refractivity contribution in [1.82, 2.24) is 14.0 Å². The SMILES string of the molecule is COc1cccc(CNc2cccc(Oc3ccc(S(C)(=O)=O)cc3-c3cn(C)c(=O)c4cncn34)c2)c1. The molecule has 0 unspecified atom stereocenters. The molecule has 0 saturated carbocycles. The van der Waals surface area contributed by atoms with Crippen LogP contribution in [0, 0.1) is 0 Å². The molecule has 0 atom stereocenters. The third-order valence-electron chi connectivity index (χ3n) is 6.10. The molecule has 10 heteroatoms. The lowest BCUT2D eigenvalue weighted by molar-refractivity contribution is 0.414. The molecule has 0 spiro atoms. The molecular weight excluding hydrogens is 504 g/mol. The van der Waals surface area contributed by atoms with E-state index in [1.54, 1.807) is 36.9 Å². The number of methoxy groups -OCH3 is 1. The summed E-state index contributed by atoms with van der Waals surface area (Å²) in [5.41, 5.74) is 3.12. The van der Waals surface area contributed by atoms with E-state index in [0.29, 0.717) is 34.8 Å². The van der Waals surface area contributed by atoms with Gasteiger partial charge in [-0.05, 0) is 48.0 Å². The third-order valence-corrected chi connectivity index (χ3v) is 7.21. The number of fused-ring (bicyclic) bond motifs is 1. The first-order valence-corrected chi connectivity index (χ1v) is 13.6. The monoisotopic (exact) mass is 530 g/mol. The number of benzene rings is 3. The topological polar surface area (TPSA) is 104 Å². The van der Waals surface area contributed by atoms with E-state index in [0.717, 1.165) is 23.3 Å². The fourth-order valence-corrected chi connectivity index (χ4v) is 4.79. The molecule has 0 saturated heterocycles. The molecule has 9 nitrogen and oxygen atoms in total. The summed E-state index contributed by atoms with van der Waals surface area (Å²) in [6.45, 7) is 0.589. The molecule has 38 heavy (non-hydrogen) atoms. The summed E-state index contributed by atoms with van der Waals surface area (Å²) in [6, 6.07) is 20.0. The van der Waals surface area contributed by atoms with Crippen molar-refractivity contribution >= 4 is 21.0 Å². The van der Waals surface area contributed by atoms with Gasteiger partial charge in [-0.2, -0.15) is 0 Å². The highest BCUT2D eigenvalue weighted by Crippen LogP contribution is 2.36. The van der Waals surface area contributed by atoms with E-state index in [9.17, 15) is 13.2 Å². The average Bonchev–Trinajstić information content (AvgIpc) is 3.40. The van der Waals surface area contributed by atoms with Crippen LogP contribution in [-0.4, -0.2) is 35.7 Å². The maximum atomic E-state index is 12.6. The number of anilines is 1. The second kappa shape index (κ2) is 10.1. The van der Waals surface area contributed by atoms with Gasteiger partial charge >= 0.3 is 0 Å². The zero-order valence-corrected chi connectivity index (χ0v) is 21.9. The summed E-state index contributed by atoms with van der Waals surface area (Å²) in [5.74, 6) is 1.77. The molecule has 194 valence electrons. The summed E-state index contributed by atoms with van der Waals surface area (Å²) in [5, 5.41) is 3.38. The van der Waals surface area contributed by atoms with Crippen LogP contribution in [0.4, 0.5) is 5.69 Å². The van der Waals surface area contributed by atoms with E-state index >= 15 is 0 Å². The second-order valence-corrected chi connectivity index (χ2v) is 10.9. The Labute approximate surface area is 219 Å². The zero-order chi connectivity index (χ0) is 26.9. The number of ether oxygens (including phenoxy) is 2. The van der Waals surface area contributed by atoms with Crippen LogP contribution in [0.1, 0.15) is 5.56 Å². The number of rotatable bonds is 8. The number of hydrogen-bond donors (Lipinski definition) is 1. The number of sulfone groups is 1. The molecule has 2 heterocycles. The molecule has 0 amide bonds. The Morgan fingerprint density at radius 3 is 2.58 bits per heavy atom. The van der Waals surface area contributed by atoms with Gasteiger partial charge in [0.25, 0.3) is 5.56 Å². The van der Waals surface area contributed by atoms with Gasteiger partial charge < -0.3 is 19.4 Å². The summed E-state index contributed by atoms with van der Waals surface area (Å²) in [7, 11) is -0.223. The molecular formula is C28H26N4O5S. The van der Waals surface area contributed by atoms with E-state index in [-0.39, 0.29) is 10.5 Å². The van der Waals surface area contributed by atoms with E-state index in [1.807, 2.05) is 48.5 Å². The number of nitrogens with zero attached hydrogens (tertiary/aromatic N) is 3. The van der Waals surface area contributed by atoms with Gasteiger partial charge in [0.1, 0.15) is 22.8 Å². The van der Waals surface area contributed by atoms with Gasteiger partial charge in [0, 0.05) is 43.4 Å². The van der Waals surface area contributed by atoms with Crippen molar-refractivity contribution in [3.8, 4) is 28.5 Å². The Balaban J connectivity index is 1.51. The van der Waals surface area contributed by atoms with Crippen LogP contribution >= 0.6 is 0 Å². The number of aromatic nitrogens is 3. The predicted molar refractivity (Wildman–Crippen MR) is 146 cm³/mol. The number of hydrogen-bond acceptors (Lipinski definition) is 7. The van der Waals surface area contributed by atoms with Crippen molar-refractivity contribution in [2.45, 2.75) is 11.4 Å². The van der Waals surface area contributed by atoms with Crippen LogP contribution in [0.5, 0.6) is 17.2 Å². The summed E-state index contributed by atoms with van der Waals surface area (Å²) in [6.07, 6.45) is 5.78. The highest BCUT2D eigenvalue weighted by Gasteiger charge is 2.18. The van der Waals surface area contributed by atoms with Crippen molar-refractivity contribution in [1.29, 1.82) is 0 Å². The fourth-order valence-electron chi connectivity index (χ4n) is 4.14. The Morgan fingerprint density at radius 2 is 1.79 bits per heavy atom. The molecule has 5 rings (SSSR count). The highest BCUT2D eigenvalue weighted by atomic mass is 32.2. The Morgan fingerprint density at radius 1 is 1.00 bits per heavy atom. The van der Waals surface area contributed by atoms with Gasteiger partial charge in [-0.3, -0.25) is 9.20 Å². The highest BCUT2D eigenvalue weighted by molar-refractivity contribution is 7.90. The molecule has 0 aliphatic rings. The minimum absolute atomic E-state index is 0.135. The largest absolute Gasteiger partial charge is 0.497 e. The average molecular weight is 531 g/mol. The van der Waals surface area contributed by atoms with E-state index in [2.05, 4.69) is 10.3 Å². The van der Waals surface area contributed by atoms with Gasteiger partial charge in [0.2, 0.25) is 0 Å². The van der Waals surface area contributed by atoms with E-state index in [4.69, 9.17) is 9.47 Å². The molecule has 1 N–H and O–H groups in total. The molecule has 0 bridgehead atoms. The maximum Gasteiger partial charge on any atom is 0.276 e. The molecule has 0 aliphatic heterocycles. The molecule has 0 aliphatic carbocycles. The van der Waals surface area contributed by atoms with Crippen molar-refractivity contribution in [3.05, 3.63) is 101 Å². The quantitative estimate of drug-likeness (QED) is 0.315. The standard InChI is InChI=1S/C28H26N4O5S/c1-31-17-26(32-18-29-16-25(32)28(31)33)24-14-23(38(3,34)35)10-11-27(24)37-22-9-5-7-20(13-22)30-15-19-6-4-8-21(12-19)36-2/h4-14,16-18,30H,15H2,1-3H3. The van der Waals surface area contributed by atoms with Crippen LogP contribution in [0.25, 0.3) is 16.8 Å². The number of imidazole rings is 1. The van der Waals surface area contributed by atoms with E-state index < -0.39 is 9.84 Å². The zero-order valence-electron chi connectivity index (χ0n) is 21.1. The van der Waals surface area contributed by atoms with Crippen LogP contribution in [0.15, 0.2) is 95.1 Å². The van der Waals surface area contributed by atoms with Gasteiger partial charge in [-0.15, -0.1) is 0 Å². The smallest absolute Gasteiger partial charge is 0.276 e. The van der Waals surface area contributed by atoms with Crippen LogP contribution < -0.4 is 20.3 Å². The third kappa shape index (κ3) is 5.12. The summed E-state index contributed by atoms with van der Waals surface area (Å²) >= 11 is 0. The van der Waals surface area contributed by atoms with Gasteiger partial charge in [0.15, 0.2) is 9.84 Å². The van der Waals surface area contributed by atoms with Crippen molar-refractivity contribution in [2.24, 2.45) is 7.05 Å². The lowest BCUT2D eigenvalue weighted by atomic mass is 10.1. The number of nitrogens with one attached hydrogen (secondary N) is 1. The lowest BCUT2D eigenvalue weighted by Gasteiger charge is -2.16. The molecule has 5 aromatic rings. The van der Waals surface area contributed by atoms with Crippen LogP contribution in [0.2, 0.25) is 0 Å². The van der Waals surface area contributed by atoms with Crippen molar-refractivity contribution in [2.75, 3.05) is 18.7 Å². The van der Waals surface area contributed by atoms with Crippen LogP contribution in [0.3, 0.4) is 0 Å². The van der Waals surface area contributed by atoms with Crippen molar-refractivity contribution < 1.29 is 17.9 Å².